The Labute approximate surface area is 105 Å². The van der Waals surface area contributed by atoms with E-state index in [1.165, 1.54) is 0 Å². The topological polar surface area (TPSA) is 51.6 Å². The van der Waals surface area contributed by atoms with Crippen molar-refractivity contribution in [3.63, 3.8) is 0 Å². The van der Waals surface area contributed by atoms with Crippen LogP contribution < -0.4 is 9.47 Å². The van der Waals surface area contributed by atoms with E-state index >= 15 is 0 Å². The zero-order valence-electron chi connectivity index (χ0n) is 9.74. The van der Waals surface area contributed by atoms with Gasteiger partial charge in [0.2, 0.25) is 0 Å². The summed E-state index contributed by atoms with van der Waals surface area (Å²) in [7, 11) is 0. The van der Waals surface area contributed by atoms with E-state index in [2.05, 4.69) is 4.98 Å². The molecule has 1 N–H and O–H groups in total. The zero-order chi connectivity index (χ0) is 12.4. The van der Waals surface area contributed by atoms with Crippen molar-refractivity contribution in [3.8, 4) is 11.5 Å². The predicted octanol–water partition coefficient (Wildman–Crippen LogP) is 2.09. The van der Waals surface area contributed by atoms with E-state index in [1.807, 2.05) is 30.3 Å². The van der Waals surface area contributed by atoms with Crippen LogP contribution in [0.3, 0.4) is 0 Å². The third-order valence-electron chi connectivity index (χ3n) is 2.85. The van der Waals surface area contributed by atoms with Gasteiger partial charge in [-0.2, -0.15) is 0 Å². The molecule has 4 nitrogen and oxygen atoms in total. The number of hydrogen-bond acceptors (Lipinski definition) is 4. The van der Waals surface area contributed by atoms with Crippen LogP contribution in [0.25, 0.3) is 0 Å². The van der Waals surface area contributed by atoms with Crippen LogP contribution in [0.15, 0.2) is 42.6 Å². The minimum absolute atomic E-state index is 0.318. The lowest BCUT2D eigenvalue weighted by Crippen LogP contribution is -1.97. The molecule has 1 aromatic carbocycles. The van der Waals surface area contributed by atoms with Crippen molar-refractivity contribution in [2.45, 2.75) is 12.7 Å². The number of ether oxygens (including phenoxy) is 2. The Bertz CT molecular complexity index is 542. The molecule has 3 rings (SSSR count). The summed E-state index contributed by atoms with van der Waals surface area (Å²) in [6.07, 6.45) is 1.21. The maximum Gasteiger partial charge on any atom is 0.130 e. The van der Waals surface area contributed by atoms with Crippen molar-refractivity contribution in [3.05, 3.63) is 53.9 Å². The van der Waals surface area contributed by atoms with Gasteiger partial charge in [0.25, 0.3) is 0 Å². The Morgan fingerprint density at radius 2 is 2.28 bits per heavy atom. The molecule has 0 amide bonds. The standard InChI is InChI=1S/C14H13NO3/c16-13-9-18-14-7-11(4-5-12(13)14)17-8-10-3-1-2-6-15-10/h1-7,13,16H,8-9H2. The average molecular weight is 243 g/mol. The number of pyridine rings is 1. The summed E-state index contributed by atoms with van der Waals surface area (Å²) in [5, 5.41) is 9.60. The van der Waals surface area contributed by atoms with Crippen molar-refractivity contribution in [2.24, 2.45) is 0 Å². The van der Waals surface area contributed by atoms with Crippen LogP contribution in [0, 0.1) is 0 Å². The van der Waals surface area contributed by atoms with Crippen LogP contribution >= 0.6 is 0 Å². The van der Waals surface area contributed by atoms with E-state index in [4.69, 9.17) is 9.47 Å². The molecular weight excluding hydrogens is 230 g/mol. The van der Waals surface area contributed by atoms with Crippen LogP contribution in [0.2, 0.25) is 0 Å². The fraction of sp³-hybridized carbons (Fsp3) is 0.214. The number of rotatable bonds is 3. The highest BCUT2D eigenvalue weighted by molar-refractivity contribution is 5.44. The maximum absolute atomic E-state index is 9.60. The molecule has 92 valence electrons. The predicted molar refractivity (Wildman–Crippen MR) is 65.5 cm³/mol. The van der Waals surface area contributed by atoms with Crippen molar-refractivity contribution in [2.75, 3.05) is 6.61 Å². The summed E-state index contributed by atoms with van der Waals surface area (Å²) in [5.41, 5.74) is 1.69. The van der Waals surface area contributed by atoms with Gasteiger partial charge in [-0.25, -0.2) is 0 Å². The summed E-state index contributed by atoms with van der Waals surface area (Å²) in [6.45, 7) is 0.737. The summed E-state index contributed by atoms with van der Waals surface area (Å²) >= 11 is 0. The molecule has 1 unspecified atom stereocenters. The molecule has 2 heterocycles. The van der Waals surface area contributed by atoms with E-state index in [1.54, 1.807) is 12.3 Å². The number of aliphatic hydroxyl groups excluding tert-OH is 1. The lowest BCUT2D eigenvalue weighted by atomic mass is 10.1. The SMILES string of the molecule is OC1COc2cc(OCc3ccccn3)ccc21. The Kier molecular flexibility index (Phi) is 2.86. The second-order valence-electron chi connectivity index (χ2n) is 4.14. The smallest absolute Gasteiger partial charge is 0.130 e. The summed E-state index contributed by atoms with van der Waals surface area (Å²) in [6, 6.07) is 11.2. The molecule has 0 bridgehead atoms. The number of nitrogens with zero attached hydrogens (tertiary/aromatic N) is 1. The van der Waals surface area contributed by atoms with Crippen LogP contribution in [-0.2, 0) is 6.61 Å². The van der Waals surface area contributed by atoms with Gasteiger partial charge in [0.1, 0.15) is 30.8 Å². The minimum atomic E-state index is -0.523. The van der Waals surface area contributed by atoms with Crippen molar-refractivity contribution in [1.82, 2.24) is 4.98 Å². The zero-order valence-corrected chi connectivity index (χ0v) is 9.74. The van der Waals surface area contributed by atoms with E-state index in [-0.39, 0.29) is 0 Å². The van der Waals surface area contributed by atoms with Crippen LogP contribution in [0.4, 0.5) is 0 Å². The first kappa shape index (κ1) is 11.0. The van der Waals surface area contributed by atoms with Gasteiger partial charge >= 0.3 is 0 Å². The maximum atomic E-state index is 9.60. The van der Waals surface area contributed by atoms with E-state index in [9.17, 15) is 5.11 Å². The van der Waals surface area contributed by atoms with Gasteiger partial charge in [-0.05, 0) is 24.3 Å². The third kappa shape index (κ3) is 2.15. The first-order valence-corrected chi connectivity index (χ1v) is 5.80. The summed E-state index contributed by atoms with van der Waals surface area (Å²) < 4.78 is 11.0. The molecule has 0 aliphatic carbocycles. The van der Waals surface area contributed by atoms with Crippen molar-refractivity contribution < 1.29 is 14.6 Å². The fourth-order valence-electron chi connectivity index (χ4n) is 1.90. The average Bonchev–Trinajstić information content (AvgIpc) is 2.79. The van der Waals surface area contributed by atoms with Crippen molar-refractivity contribution >= 4 is 0 Å². The van der Waals surface area contributed by atoms with E-state index < -0.39 is 6.10 Å². The first-order valence-electron chi connectivity index (χ1n) is 5.80. The molecule has 1 aromatic heterocycles. The van der Waals surface area contributed by atoms with Gasteiger partial charge in [-0.3, -0.25) is 4.98 Å². The monoisotopic (exact) mass is 243 g/mol. The third-order valence-corrected chi connectivity index (χ3v) is 2.85. The normalized spacial score (nSPS) is 17.1. The highest BCUT2D eigenvalue weighted by Gasteiger charge is 2.21. The quantitative estimate of drug-likeness (QED) is 0.896. The molecule has 2 aromatic rings. The summed E-state index contributed by atoms with van der Waals surface area (Å²) in [4.78, 5) is 4.18. The lowest BCUT2D eigenvalue weighted by Gasteiger charge is -2.07. The first-order chi connectivity index (χ1) is 8.83. The minimum Gasteiger partial charge on any atom is -0.490 e. The molecule has 0 spiro atoms. The van der Waals surface area contributed by atoms with Crippen molar-refractivity contribution in [1.29, 1.82) is 0 Å². The highest BCUT2D eigenvalue weighted by atomic mass is 16.5. The Morgan fingerprint density at radius 3 is 3.11 bits per heavy atom. The van der Waals surface area contributed by atoms with Gasteiger partial charge in [-0.15, -0.1) is 0 Å². The van der Waals surface area contributed by atoms with E-state index in [0.717, 1.165) is 11.3 Å². The van der Waals surface area contributed by atoms with Gasteiger partial charge < -0.3 is 14.6 Å². The second-order valence-corrected chi connectivity index (χ2v) is 4.14. The molecule has 1 aliphatic rings. The molecular formula is C14H13NO3. The van der Waals surface area contributed by atoms with Gasteiger partial charge in [0, 0.05) is 17.8 Å². The lowest BCUT2D eigenvalue weighted by molar-refractivity contribution is 0.140. The molecule has 1 atom stereocenters. The molecule has 1 aliphatic heterocycles. The molecule has 0 fully saturated rings. The number of benzene rings is 1. The molecule has 4 heteroatoms. The number of hydrogen-bond donors (Lipinski definition) is 1. The Hall–Kier alpha value is -2.07. The van der Waals surface area contributed by atoms with Gasteiger partial charge in [0.05, 0.1) is 5.69 Å². The number of fused-ring (bicyclic) bond motifs is 1. The van der Waals surface area contributed by atoms with Crippen LogP contribution in [0.1, 0.15) is 17.4 Å². The molecule has 0 saturated heterocycles. The highest BCUT2D eigenvalue weighted by Crippen LogP contribution is 2.35. The molecule has 0 saturated carbocycles. The van der Waals surface area contributed by atoms with Crippen LogP contribution in [0.5, 0.6) is 11.5 Å². The Morgan fingerprint density at radius 1 is 1.33 bits per heavy atom. The van der Waals surface area contributed by atoms with Gasteiger partial charge in [-0.1, -0.05) is 6.07 Å². The van der Waals surface area contributed by atoms with Gasteiger partial charge in [0.15, 0.2) is 0 Å². The number of aromatic nitrogens is 1. The van der Waals surface area contributed by atoms with Crippen LogP contribution in [-0.4, -0.2) is 16.7 Å². The second kappa shape index (κ2) is 4.66. The summed E-state index contributed by atoms with van der Waals surface area (Å²) in [5.74, 6) is 1.41. The molecule has 0 radical (unpaired) electrons. The largest absolute Gasteiger partial charge is 0.490 e. The van der Waals surface area contributed by atoms with E-state index in [0.29, 0.717) is 24.7 Å². The molecule has 18 heavy (non-hydrogen) atoms. The fourth-order valence-corrected chi connectivity index (χ4v) is 1.90. The number of aliphatic hydroxyl groups is 1. The Balaban J connectivity index is 1.71.